The van der Waals surface area contributed by atoms with Crippen molar-refractivity contribution in [2.75, 3.05) is 11.1 Å². The van der Waals surface area contributed by atoms with Gasteiger partial charge in [-0.25, -0.2) is 0 Å². The first-order valence-electron chi connectivity index (χ1n) is 5.24. The van der Waals surface area contributed by atoms with Crippen LogP contribution in [-0.4, -0.2) is 10.9 Å². The van der Waals surface area contributed by atoms with Crippen molar-refractivity contribution in [3.8, 4) is 0 Å². The lowest BCUT2D eigenvalue weighted by molar-refractivity contribution is 0.102. The van der Waals surface area contributed by atoms with Crippen molar-refractivity contribution in [2.45, 2.75) is 6.92 Å². The van der Waals surface area contributed by atoms with E-state index in [0.29, 0.717) is 16.9 Å². The molecule has 86 valence electrons. The molecule has 2 aromatic rings. The van der Waals surface area contributed by atoms with Crippen LogP contribution >= 0.6 is 0 Å². The highest BCUT2D eigenvalue weighted by Crippen LogP contribution is 2.15. The largest absolute Gasteiger partial charge is 0.398 e. The predicted molar refractivity (Wildman–Crippen MR) is 67.8 cm³/mol. The molecule has 0 bridgehead atoms. The van der Waals surface area contributed by atoms with Gasteiger partial charge in [0.1, 0.15) is 0 Å². The van der Waals surface area contributed by atoms with Crippen LogP contribution in [0.3, 0.4) is 0 Å². The van der Waals surface area contributed by atoms with Gasteiger partial charge in [-0.15, -0.1) is 0 Å². The quantitative estimate of drug-likeness (QED) is 0.773. The van der Waals surface area contributed by atoms with E-state index >= 15 is 0 Å². The van der Waals surface area contributed by atoms with Gasteiger partial charge < -0.3 is 11.1 Å². The first-order valence-corrected chi connectivity index (χ1v) is 5.24. The van der Waals surface area contributed by atoms with E-state index in [2.05, 4.69) is 10.3 Å². The smallest absolute Gasteiger partial charge is 0.257 e. The summed E-state index contributed by atoms with van der Waals surface area (Å²) in [6.45, 7) is 1.93. The molecule has 4 nitrogen and oxygen atoms in total. The summed E-state index contributed by atoms with van der Waals surface area (Å²) in [6, 6.07) is 8.81. The molecule has 1 heterocycles. The van der Waals surface area contributed by atoms with Crippen molar-refractivity contribution in [1.82, 2.24) is 4.98 Å². The molecule has 0 aliphatic rings. The molecule has 0 fully saturated rings. The highest BCUT2D eigenvalue weighted by Gasteiger charge is 2.09. The topological polar surface area (TPSA) is 68.0 Å². The lowest BCUT2D eigenvalue weighted by Gasteiger charge is -2.07. The molecule has 2 rings (SSSR count). The van der Waals surface area contributed by atoms with Crippen LogP contribution in [0.25, 0.3) is 0 Å². The third-order valence-corrected chi connectivity index (χ3v) is 2.39. The number of rotatable bonds is 2. The third-order valence-electron chi connectivity index (χ3n) is 2.39. The minimum Gasteiger partial charge on any atom is -0.398 e. The highest BCUT2D eigenvalue weighted by atomic mass is 16.1. The summed E-state index contributed by atoms with van der Waals surface area (Å²) in [5, 5.41) is 2.76. The Hall–Kier alpha value is -2.36. The van der Waals surface area contributed by atoms with E-state index < -0.39 is 0 Å². The van der Waals surface area contributed by atoms with Gasteiger partial charge >= 0.3 is 0 Å². The lowest BCUT2D eigenvalue weighted by atomic mass is 10.1. The van der Waals surface area contributed by atoms with Gasteiger partial charge in [-0.2, -0.15) is 0 Å². The Labute approximate surface area is 99.5 Å². The van der Waals surface area contributed by atoms with E-state index in [4.69, 9.17) is 5.73 Å². The zero-order valence-corrected chi connectivity index (χ0v) is 9.47. The fraction of sp³-hybridized carbons (Fsp3) is 0.0769. The zero-order chi connectivity index (χ0) is 12.3. The molecule has 1 amide bonds. The average molecular weight is 227 g/mol. The lowest BCUT2D eigenvalue weighted by Crippen LogP contribution is -2.14. The van der Waals surface area contributed by atoms with Crippen LogP contribution < -0.4 is 11.1 Å². The van der Waals surface area contributed by atoms with Gasteiger partial charge in [0.15, 0.2) is 0 Å². The Morgan fingerprint density at radius 1 is 1.24 bits per heavy atom. The van der Waals surface area contributed by atoms with Gasteiger partial charge in [-0.3, -0.25) is 9.78 Å². The maximum atomic E-state index is 11.9. The van der Waals surface area contributed by atoms with Gasteiger partial charge in [-0.1, -0.05) is 6.07 Å². The van der Waals surface area contributed by atoms with Crippen molar-refractivity contribution < 1.29 is 4.79 Å². The Morgan fingerprint density at radius 3 is 2.59 bits per heavy atom. The molecule has 0 unspecified atom stereocenters. The molecule has 0 saturated heterocycles. The molecule has 4 heteroatoms. The van der Waals surface area contributed by atoms with Gasteiger partial charge in [0.05, 0.1) is 5.56 Å². The van der Waals surface area contributed by atoms with Crippen molar-refractivity contribution in [2.24, 2.45) is 0 Å². The first kappa shape index (κ1) is 11.1. The number of nitrogens with zero attached hydrogens (tertiary/aromatic N) is 1. The van der Waals surface area contributed by atoms with Crippen LogP contribution in [0.2, 0.25) is 0 Å². The summed E-state index contributed by atoms with van der Waals surface area (Å²) >= 11 is 0. The van der Waals surface area contributed by atoms with Gasteiger partial charge in [0.2, 0.25) is 0 Å². The molecule has 0 spiro atoms. The van der Waals surface area contributed by atoms with Crippen LogP contribution in [0.15, 0.2) is 42.7 Å². The summed E-state index contributed by atoms with van der Waals surface area (Å²) in [7, 11) is 0. The van der Waals surface area contributed by atoms with Crippen LogP contribution in [0, 0.1) is 6.92 Å². The van der Waals surface area contributed by atoms with Crippen LogP contribution in [0.5, 0.6) is 0 Å². The van der Waals surface area contributed by atoms with E-state index in [1.54, 1.807) is 36.7 Å². The molecule has 1 aromatic carbocycles. The van der Waals surface area contributed by atoms with E-state index in [1.807, 2.05) is 13.0 Å². The Kier molecular flexibility index (Phi) is 3.05. The number of nitrogens with one attached hydrogen (secondary N) is 1. The molecule has 17 heavy (non-hydrogen) atoms. The number of hydrogen-bond acceptors (Lipinski definition) is 3. The number of aromatic nitrogens is 1. The van der Waals surface area contributed by atoms with E-state index in [1.165, 1.54) is 0 Å². The maximum Gasteiger partial charge on any atom is 0.257 e. The van der Waals surface area contributed by atoms with Gasteiger partial charge in [-0.05, 0) is 36.8 Å². The minimum absolute atomic E-state index is 0.214. The number of nitrogens with two attached hydrogens (primary N) is 1. The molecule has 3 N–H and O–H groups in total. The van der Waals surface area contributed by atoms with Crippen molar-refractivity contribution >= 4 is 17.3 Å². The fourth-order valence-electron chi connectivity index (χ4n) is 1.52. The Balaban J connectivity index is 2.21. The summed E-state index contributed by atoms with van der Waals surface area (Å²) in [5.74, 6) is -0.214. The number of hydrogen-bond donors (Lipinski definition) is 2. The summed E-state index contributed by atoms with van der Waals surface area (Å²) in [4.78, 5) is 15.8. The second-order valence-electron chi connectivity index (χ2n) is 3.78. The maximum absolute atomic E-state index is 11.9. The van der Waals surface area contributed by atoms with Crippen LogP contribution in [0.1, 0.15) is 15.9 Å². The molecular weight excluding hydrogens is 214 g/mol. The monoisotopic (exact) mass is 227 g/mol. The standard InChI is InChI=1S/C13H13N3O/c1-9-2-3-11(12(14)8-9)13(17)16-10-4-6-15-7-5-10/h2-8H,14H2,1H3,(H,15,16,17). The molecule has 1 aromatic heterocycles. The average Bonchev–Trinajstić information content (AvgIpc) is 2.30. The second-order valence-corrected chi connectivity index (χ2v) is 3.78. The normalized spacial score (nSPS) is 9.94. The van der Waals surface area contributed by atoms with Gasteiger partial charge in [0, 0.05) is 23.8 Å². The fourth-order valence-corrected chi connectivity index (χ4v) is 1.52. The van der Waals surface area contributed by atoms with Crippen molar-refractivity contribution in [1.29, 1.82) is 0 Å². The Bertz CT molecular complexity index is 538. The van der Waals surface area contributed by atoms with Crippen molar-refractivity contribution in [3.63, 3.8) is 0 Å². The molecular formula is C13H13N3O. The predicted octanol–water partition coefficient (Wildman–Crippen LogP) is 2.22. The Morgan fingerprint density at radius 2 is 1.94 bits per heavy atom. The molecule has 0 atom stereocenters. The summed E-state index contributed by atoms with van der Waals surface area (Å²) in [6.07, 6.45) is 3.24. The number of amides is 1. The highest BCUT2D eigenvalue weighted by molar-refractivity contribution is 6.07. The van der Waals surface area contributed by atoms with Crippen LogP contribution in [-0.2, 0) is 0 Å². The number of aryl methyl sites for hydroxylation is 1. The first-order chi connectivity index (χ1) is 8.16. The summed E-state index contributed by atoms with van der Waals surface area (Å²) in [5.41, 5.74) is 8.49. The van der Waals surface area contributed by atoms with E-state index in [9.17, 15) is 4.79 Å². The summed E-state index contributed by atoms with van der Waals surface area (Å²) < 4.78 is 0. The van der Waals surface area contributed by atoms with E-state index in [0.717, 1.165) is 5.56 Å². The SMILES string of the molecule is Cc1ccc(C(=O)Nc2ccncc2)c(N)c1. The number of pyridine rings is 1. The third kappa shape index (κ3) is 2.60. The molecule has 0 saturated carbocycles. The minimum atomic E-state index is -0.214. The van der Waals surface area contributed by atoms with Gasteiger partial charge in [0.25, 0.3) is 5.91 Å². The van der Waals surface area contributed by atoms with Crippen LogP contribution in [0.4, 0.5) is 11.4 Å². The zero-order valence-electron chi connectivity index (χ0n) is 9.47. The number of benzene rings is 1. The van der Waals surface area contributed by atoms with Crippen molar-refractivity contribution in [3.05, 3.63) is 53.9 Å². The number of carbonyl (C=O) groups is 1. The number of carbonyl (C=O) groups excluding carboxylic acids is 1. The molecule has 0 radical (unpaired) electrons. The molecule has 0 aliphatic heterocycles. The second kappa shape index (κ2) is 4.65. The van der Waals surface area contributed by atoms with E-state index in [-0.39, 0.29) is 5.91 Å². The number of nitrogen functional groups attached to an aromatic ring is 1. The molecule has 0 aliphatic carbocycles. The number of anilines is 2.